The van der Waals surface area contributed by atoms with Crippen LogP contribution in [0.2, 0.25) is 0 Å². The Kier molecular flexibility index (Phi) is 2.42. The largest absolute Gasteiger partial charge is 0.334 e. The van der Waals surface area contributed by atoms with Crippen LogP contribution in [0.1, 0.15) is 36.0 Å². The van der Waals surface area contributed by atoms with Crippen molar-refractivity contribution in [2.75, 3.05) is 0 Å². The van der Waals surface area contributed by atoms with Gasteiger partial charge in [-0.2, -0.15) is 10.4 Å². The molecule has 1 aliphatic rings. The number of nitrogens with zero attached hydrogens (tertiary/aromatic N) is 2. The molecule has 1 aliphatic carbocycles. The molecule has 78 valence electrons. The van der Waals surface area contributed by atoms with E-state index in [9.17, 15) is 4.79 Å². The highest BCUT2D eigenvalue weighted by molar-refractivity contribution is 5.94. The summed E-state index contributed by atoms with van der Waals surface area (Å²) >= 11 is 0. The van der Waals surface area contributed by atoms with Gasteiger partial charge in [-0.05, 0) is 25.7 Å². The van der Waals surface area contributed by atoms with Crippen LogP contribution in [0, 0.1) is 11.3 Å². The highest BCUT2D eigenvalue weighted by Crippen LogP contribution is 2.29. The van der Waals surface area contributed by atoms with Crippen LogP contribution in [0.25, 0.3) is 0 Å². The maximum absolute atomic E-state index is 11.7. The van der Waals surface area contributed by atoms with Crippen molar-refractivity contribution in [1.82, 2.24) is 15.5 Å². The molecule has 15 heavy (non-hydrogen) atoms. The van der Waals surface area contributed by atoms with Crippen LogP contribution >= 0.6 is 0 Å². The standard InChI is InChI=1S/C10H12N4O/c11-7-10(3-1-2-4-10)14-9(15)8-5-12-13-6-8/h5-6H,1-4H2,(H,12,13)(H,14,15). The van der Waals surface area contributed by atoms with Crippen molar-refractivity contribution in [3.8, 4) is 6.07 Å². The second-order valence-electron chi connectivity index (χ2n) is 3.84. The Morgan fingerprint density at radius 1 is 1.60 bits per heavy atom. The minimum Gasteiger partial charge on any atom is -0.334 e. The molecule has 0 atom stereocenters. The Bertz CT molecular complexity index is 384. The highest BCUT2D eigenvalue weighted by Gasteiger charge is 2.35. The third kappa shape index (κ3) is 1.84. The maximum Gasteiger partial charge on any atom is 0.255 e. The number of H-pyrrole nitrogens is 1. The molecular formula is C10H12N4O. The van der Waals surface area contributed by atoms with Gasteiger partial charge in [0.15, 0.2) is 0 Å². The van der Waals surface area contributed by atoms with Gasteiger partial charge in [-0.25, -0.2) is 0 Å². The smallest absolute Gasteiger partial charge is 0.255 e. The van der Waals surface area contributed by atoms with Gasteiger partial charge < -0.3 is 5.32 Å². The molecule has 0 aromatic carbocycles. The number of carbonyl (C=O) groups is 1. The average Bonchev–Trinajstić information content (AvgIpc) is 2.88. The molecule has 0 aliphatic heterocycles. The van der Waals surface area contributed by atoms with E-state index in [1.165, 1.54) is 12.4 Å². The van der Waals surface area contributed by atoms with Crippen molar-refractivity contribution in [2.45, 2.75) is 31.2 Å². The summed E-state index contributed by atoms with van der Waals surface area (Å²) in [4.78, 5) is 11.7. The highest BCUT2D eigenvalue weighted by atomic mass is 16.1. The van der Waals surface area contributed by atoms with Crippen molar-refractivity contribution >= 4 is 5.91 Å². The van der Waals surface area contributed by atoms with Gasteiger partial charge in [0.1, 0.15) is 5.54 Å². The zero-order valence-electron chi connectivity index (χ0n) is 8.29. The van der Waals surface area contributed by atoms with Gasteiger partial charge >= 0.3 is 0 Å². The Morgan fingerprint density at radius 2 is 2.33 bits per heavy atom. The predicted molar refractivity (Wildman–Crippen MR) is 52.9 cm³/mol. The lowest BCUT2D eigenvalue weighted by molar-refractivity contribution is 0.0921. The molecular weight excluding hydrogens is 192 g/mol. The number of carbonyl (C=O) groups excluding carboxylic acids is 1. The van der Waals surface area contributed by atoms with Crippen LogP contribution in [-0.2, 0) is 0 Å². The van der Waals surface area contributed by atoms with Crippen molar-refractivity contribution in [2.24, 2.45) is 0 Å². The van der Waals surface area contributed by atoms with Gasteiger partial charge in [-0.15, -0.1) is 0 Å². The van der Waals surface area contributed by atoms with Gasteiger partial charge in [-0.1, -0.05) is 0 Å². The molecule has 0 unspecified atom stereocenters. The number of nitrogens with one attached hydrogen (secondary N) is 2. The number of nitriles is 1. The molecule has 0 radical (unpaired) electrons. The number of hydrogen-bond acceptors (Lipinski definition) is 3. The first-order chi connectivity index (χ1) is 7.26. The fraction of sp³-hybridized carbons (Fsp3) is 0.500. The molecule has 1 aromatic heterocycles. The third-order valence-electron chi connectivity index (χ3n) is 2.78. The number of amides is 1. The lowest BCUT2D eigenvalue weighted by Gasteiger charge is -2.21. The summed E-state index contributed by atoms with van der Waals surface area (Å²) in [7, 11) is 0. The number of aromatic amines is 1. The minimum atomic E-state index is -0.658. The zero-order chi connectivity index (χ0) is 10.7. The quantitative estimate of drug-likeness (QED) is 0.753. The molecule has 1 amide bonds. The molecule has 0 bridgehead atoms. The number of rotatable bonds is 2. The van der Waals surface area contributed by atoms with Crippen LogP contribution in [0.4, 0.5) is 0 Å². The molecule has 0 spiro atoms. The summed E-state index contributed by atoms with van der Waals surface area (Å²) in [6, 6.07) is 2.21. The van der Waals surface area contributed by atoms with Crippen molar-refractivity contribution in [3.05, 3.63) is 18.0 Å². The summed E-state index contributed by atoms with van der Waals surface area (Å²) in [6.07, 6.45) is 6.46. The lowest BCUT2D eigenvalue weighted by atomic mass is 9.99. The Hall–Kier alpha value is -1.83. The van der Waals surface area contributed by atoms with Crippen LogP contribution < -0.4 is 5.32 Å². The summed E-state index contributed by atoms with van der Waals surface area (Å²) in [5.41, 5.74) is -0.189. The summed E-state index contributed by atoms with van der Waals surface area (Å²) < 4.78 is 0. The van der Waals surface area contributed by atoms with E-state index in [0.29, 0.717) is 5.56 Å². The van der Waals surface area contributed by atoms with E-state index in [0.717, 1.165) is 25.7 Å². The molecule has 2 N–H and O–H groups in total. The number of aromatic nitrogens is 2. The van der Waals surface area contributed by atoms with E-state index in [1.54, 1.807) is 0 Å². The van der Waals surface area contributed by atoms with E-state index in [-0.39, 0.29) is 5.91 Å². The molecule has 1 fully saturated rings. The summed E-state index contributed by atoms with van der Waals surface area (Å²) in [6.45, 7) is 0. The van der Waals surface area contributed by atoms with Crippen molar-refractivity contribution < 1.29 is 4.79 Å². The maximum atomic E-state index is 11.7. The SMILES string of the molecule is N#CC1(NC(=O)c2cn[nH]c2)CCCC1. The predicted octanol–water partition coefficient (Wildman–Crippen LogP) is 0.976. The van der Waals surface area contributed by atoms with Crippen molar-refractivity contribution in [3.63, 3.8) is 0 Å². The summed E-state index contributed by atoms with van der Waals surface area (Å²) in [5.74, 6) is -0.229. The second kappa shape index (κ2) is 3.73. The van der Waals surface area contributed by atoms with Gasteiger partial charge in [0.05, 0.1) is 17.8 Å². The van der Waals surface area contributed by atoms with Gasteiger partial charge in [0.25, 0.3) is 5.91 Å². The minimum absolute atomic E-state index is 0.229. The van der Waals surface area contributed by atoms with E-state index in [4.69, 9.17) is 5.26 Å². The molecule has 0 saturated heterocycles. The van der Waals surface area contributed by atoms with Crippen LogP contribution in [0.5, 0.6) is 0 Å². The zero-order valence-corrected chi connectivity index (χ0v) is 8.29. The van der Waals surface area contributed by atoms with Gasteiger partial charge in [0, 0.05) is 6.20 Å². The molecule has 5 nitrogen and oxygen atoms in total. The lowest BCUT2D eigenvalue weighted by Crippen LogP contribution is -2.44. The first-order valence-electron chi connectivity index (χ1n) is 4.98. The molecule has 1 saturated carbocycles. The molecule has 5 heteroatoms. The Balaban J connectivity index is 2.08. The molecule has 1 aromatic rings. The van der Waals surface area contributed by atoms with Gasteiger partial charge in [0.2, 0.25) is 0 Å². The van der Waals surface area contributed by atoms with Gasteiger partial charge in [-0.3, -0.25) is 9.89 Å². The summed E-state index contributed by atoms with van der Waals surface area (Å²) in [5, 5.41) is 18.1. The third-order valence-corrected chi connectivity index (χ3v) is 2.78. The average molecular weight is 204 g/mol. The normalized spacial score (nSPS) is 18.3. The molecule has 2 rings (SSSR count). The first-order valence-corrected chi connectivity index (χ1v) is 4.98. The topological polar surface area (TPSA) is 81.6 Å². The van der Waals surface area contributed by atoms with E-state index in [2.05, 4.69) is 21.6 Å². The first kappa shape index (κ1) is 9.71. The number of hydrogen-bond donors (Lipinski definition) is 2. The van der Waals surface area contributed by atoms with E-state index in [1.807, 2.05) is 0 Å². The monoisotopic (exact) mass is 204 g/mol. The fourth-order valence-corrected chi connectivity index (χ4v) is 1.91. The second-order valence-corrected chi connectivity index (χ2v) is 3.84. The fourth-order valence-electron chi connectivity index (χ4n) is 1.91. The van der Waals surface area contributed by atoms with E-state index < -0.39 is 5.54 Å². The van der Waals surface area contributed by atoms with Crippen LogP contribution in [0.15, 0.2) is 12.4 Å². The van der Waals surface area contributed by atoms with Crippen LogP contribution in [-0.4, -0.2) is 21.6 Å². The molecule has 1 heterocycles. The van der Waals surface area contributed by atoms with E-state index >= 15 is 0 Å². The van der Waals surface area contributed by atoms with Crippen LogP contribution in [0.3, 0.4) is 0 Å². The van der Waals surface area contributed by atoms with Crippen molar-refractivity contribution in [1.29, 1.82) is 5.26 Å². The Morgan fingerprint density at radius 3 is 2.87 bits per heavy atom. The Labute approximate surface area is 87.5 Å².